The van der Waals surface area contributed by atoms with Crippen molar-refractivity contribution in [1.29, 1.82) is 0 Å². The minimum atomic E-state index is 0.956. The van der Waals surface area contributed by atoms with Gasteiger partial charge in [-0.1, -0.05) is 18.2 Å². The first kappa shape index (κ1) is 11.7. The van der Waals surface area contributed by atoms with Crippen molar-refractivity contribution in [1.82, 2.24) is 19.7 Å². The van der Waals surface area contributed by atoms with Crippen molar-refractivity contribution < 1.29 is 0 Å². The molecule has 4 rings (SSSR count). The summed E-state index contributed by atoms with van der Waals surface area (Å²) < 4.78 is 2.16. The first-order valence-electron chi connectivity index (χ1n) is 7.07. The molecule has 0 atom stereocenters. The molecule has 0 spiro atoms. The summed E-state index contributed by atoms with van der Waals surface area (Å²) in [5.41, 5.74) is 3.39. The third kappa shape index (κ3) is 1.82. The van der Waals surface area contributed by atoms with E-state index >= 15 is 0 Å². The van der Waals surface area contributed by atoms with E-state index < -0.39 is 0 Å². The molecule has 1 N–H and O–H groups in total. The maximum absolute atomic E-state index is 4.69. The van der Waals surface area contributed by atoms with Gasteiger partial charge < -0.3 is 10.2 Å². The van der Waals surface area contributed by atoms with E-state index in [1.54, 1.807) is 0 Å². The number of fused-ring (bicyclic) bond motifs is 1. The molecule has 1 aliphatic heterocycles. The first-order chi connectivity index (χ1) is 9.93. The molecule has 0 bridgehead atoms. The van der Waals surface area contributed by atoms with E-state index in [2.05, 4.69) is 37.8 Å². The molecule has 0 saturated carbocycles. The Morgan fingerprint density at radius 3 is 2.85 bits per heavy atom. The molecule has 20 heavy (non-hydrogen) atoms. The molecule has 2 aliphatic rings. The number of piperazine rings is 1. The molecule has 0 unspecified atom stereocenters. The lowest BCUT2D eigenvalue weighted by Gasteiger charge is -2.28. The second-order valence-electron chi connectivity index (χ2n) is 5.15. The van der Waals surface area contributed by atoms with Crippen molar-refractivity contribution in [3.63, 3.8) is 0 Å². The molecule has 3 heterocycles. The lowest BCUT2D eigenvalue weighted by Crippen LogP contribution is -2.44. The Hall–Kier alpha value is -2.14. The molecule has 102 valence electrons. The Labute approximate surface area is 117 Å². The fraction of sp³-hybridized carbons (Fsp3) is 0.333. The fourth-order valence-electron chi connectivity index (χ4n) is 2.88. The summed E-state index contributed by atoms with van der Waals surface area (Å²) in [4.78, 5) is 11.5. The quantitative estimate of drug-likeness (QED) is 0.895. The van der Waals surface area contributed by atoms with Crippen LogP contribution >= 0.6 is 0 Å². The van der Waals surface area contributed by atoms with Gasteiger partial charge in [0.15, 0.2) is 11.5 Å². The second kappa shape index (κ2) is 4.76. The molecule has 0 aromatic carbocycles. The van der Waals surface area contributed by atoms with Crippen molar-refractivity contribution >= 4 is 17.0 Å². The van der Waals surface area contributed by atoms with Gasteiger partial charge >= 0.3 is 0 Å². The molecule has 5 nitrogen and oxygen atoms in total. The average molecular weight is 267 g/mol. The highest BCUT2D eigenvalue weighted by Gasteiger charge is 2.18. The monoisotopic (exact) mass is 267 g/mol. The van der Waals surface area contributed by atoms with Crippen molar-refractivity contribution in [3.05, 3.63) is 42.5 Å². The van der Waals surface area contributed by atoms with Crippen LogP contribution in [0.25, 0.3) is 11.2 Å². The Kier molecular flexibility index (Phi) is 2.77. The molecule has 1 fully saturated rings. The van der Waals surface area contributed by atoms with Gasteiger partial charge in [0.05, 0.1) is 11.9 Å². The first-order valence-corrected chi connectivity index (χ1v) is 7.07. The molecule has 0 amide bonds. The zero-order valence-electron chi connectivity index (χ0n) is 11.3. The molecule has 0 radical (unpaired) electrons. The van der Waals surface area contributed by atoms with E-state index in [-0.39, 0.29) is 0 Å². The standard InChI is InChI=1S/C15H17N5/c1-2-4-12(3-1)13-11-18-14(15-17-7-10-20(13)15)19-8-5-16-6-9-19/h1-3,7,10-11,16H,4-6,8-9H2. The fourth-order valence-corrected chi connectivity index (χ4v) is 2.88. The zero-order chi connectivity index (χ0) is 13.4. The van der Waals surface area contributed by atoms with E-state index in [0.29, 0.717) is 0 Å². The smallest absolute Gasteiger partial charge is 0.180 e. The SMILES string of the molecule is C1=CCC(c2cnc(N3CCNCC3)c3nccn23)=C1. The summed E-state index contributed by atoms with van der Waals surface area (Å²) in [5, 5.41) is 3.37. The zero-order valence-corrected chi connectivity index (χ0v) is 11.3. The van der Waals surface area contributed by atoms with Gasteiger partial charge in [-0.25, -0.2) is 9.97 Å². The van der Waals surface area contributed by atoms with Crippen molar-refractivity contribution in [2.45, 2.75) is 6.42 Å². The third-order valence-electron chi connectivity index (χ3n) is 3.93. The highest BCUT2D eigenvalue weighted by Crippen LogP contribution is 2.26. The van der Waals surface area contributed by atoms with Gasteiger partial charge in [0.1, 0.15) is 0 Å². The summed E-state index contributed by atoms with van der Waals surface area (Å²) in [6, 6.07) is 0. The number of imidazole rings is 1. The topological polar surface area (TPSA) is 45.5 Å². The molecule has 1 aliphatic carbocycles. The Morgan fingerprint density at radius 2 is 2.05 bits per heavy atom. The number of allylic oxidation sites excluding steroid dienone is 4. The summed E-state index contributed by atoms with van der Waals surface area (Å²) >= 11 is 0. The van der Waals surface area contributed by atoms with E-state index in [1.807, 2.05) is 18.6 Å². The molecule has 2 aromatic heterocycles. The number of hydrogen-bond acceptors (Lipinski definition) is 4. The van der Waals surface area contributed by atoms with Crippen LogP contribution < -0.4 is 10.2 Å². The number of hydrogen-bond donors (Lipinski definition) is 1. The largest absolute Gasteiger partial charge is 0.351 e. The van der Waals surface area contributed by atoms with Gasteiger partial charge in [0.25, 0.3) is 0 Å². The molecular weight excluding hydrogens is 250 g/mol. The van der Waals surface area contributed by atoms with E-state index in [1.165, 1.54) is 5.57 Å². The normalized spacial score (nSPS) is 18.8. The molecular formula is C15H17N5. The number of aromatic nitrogens is 3. The second-order valence-corrected chi connectivity index (χ2v) is 5.15. The Morgan fingerprint density at radius 1 is 1.15 bits per heavy atom. The van der Waals surface area contributed by atoms with Crippen LogP contribution in [0.1, 0.15) is 12.1 Å². The highest BCUT2D eigenvalue weighted by molar-refractivity contribution is 5.73. The Bertz CT molecular complexity index is 691. The summed E-state index contributed by atoms with van der Waals surface area (Å²) in [7, 11) is 0. The van der Waals surface area contributed by atoms with Crippen molar-refractivity contribution in [3.8, 4) is 0 Å². The molecule has 5 heteroatoms. The number of nitrogens with zero attached hydrogens (tertiary/aromatic N) is 4. The van der Waals surface area contributed by atoms with Crippen LogP contribution in [0, 0.1) is 0 Å². The van der Waals surface area contributed by atoms with Gasteiger partial charge in [-0.15, -0.1) is 0 Å². The van der Waals surface area contributed by atoms with E-state index in [9.17, 15) is 0 Å². The van der Waals surface area contributed by atoms with Gasteiger partial charge in [-0.05, 0) is 12.0 Å². The van der Waals surface area contributed by atoms with Crippen LogP contribution in [-0.2, 0) is 0 Å². The number of rotatable bonds is 2. The van der Waals surface area contributed by atoms with Gasteiger partial charge in [-0.3, -0.25) is 4.40 Å². The maximum Gasteiger partial charge on any atom is 0.180 e. The summed E-state index contributed by atoms with van der Waals surface area (Å²) in [6.45, 7) is 3.98. The predicted octanol–water partition coefficient (Wildman–Crippen LogP) is 1.48. The number of anilines is 1. The lowest BCUT2D eigenvalue weighted by molar-refractivity contribution is 0.585. The minimum Gasteiger partial charge on any atom is -0.351 e. The molecule has 2 aromatic rings. The van der Waals surface area contributed by atoms with E-state index in [0.717, 1.165) is 49.8 Å². The number of nitrogens with one attached hydrogen (secondary N) is 1. The van der Waals surface area contributed by atoms with E-state index in [4.69, 9.17) is 4.98 Å². The van der Waals surface area contributed by atoms with Crippen LogP contribution in [-0.4, -0.2) is 40.5 Å². The van der Waals surface area contributed by atoms with Crippen molar-refractivity contribution in [2.75, 3.05) is 31.1 Å². The van der Waals surface area contributed by atoms with Crippen LogP contribution in [0.15, 0.2) is 36.8 Å². The van der Waals surface area contributed by atoms with Gasteiger partial charge in [0, 0.05) is 38.6 Å². The highest BCUT2D eigenvalue weighted by atomic mass is 15.3. The maximum atomic E-state index is 4.69. The average Bonchev–Trinajstić information content (AvgIpc) is 3.18. The van der Waals surface area contributed by atoms with Gasteiger partial charge in [-0.2, -0.15) is 0 Å². The van der Waals surface area contributed by atoms with Crippen molar-refractivity contribution in [2.24, 2.45) is 0 Å². The third-order valence-corrected chi connectivity index (χ3v) is 3.93. The van der Waals surface area contributed by atoms with Crippen LogP contribution in [0.3, 0.4) is 0 Å². The lowest BCUT2D eigenvalue weighted by atomic mass is 10.1. The van der Waals surface area contributed by atoms with Crippen LogP contribution in [0.5, 0.6) is 0 Å². The van der Waals surface area contributed by atoms with Gasteiger partial charge in [0.2, 0.25) is 0 Å². The minimum absolute atomic E-state index is 0.956. The Balaban J connectivity index is 1.80. The summed E-state index contributed by atoms with van der Waals surface area (Å²) in [6.07, 6.45) is 13.3. The van der Waals surface area contributed by atoms with Crippen LogP contribution in [0.2, 0.25) is 0 Å². The summed E-state index contributed by atoms with van der Waals surface area (Å²) in [5.74, 6) is 0.992. The predicted molar refractivity (Wildman–Crippen MR) is 79.8 cm³/mol. The molecule has 1 saturated heterocycles. The van der Waals surface area contributed by atoms with Crippen LogP contribution in [0.4, 0.5) is 5.82 Å².